The number of aromatic hydroxyl groups is 1. The van der Waals surface area contributed by atoms with Crippen LogP contribution in [0.25, 0.3) is 0 Å². The Morgan fingerprint density at radius 2 is 2.00 bits per heavy atom. The molecule has 3 nitrogen and oxygen atoms in total. The fourth-order valence-electron chi connectivity index (χ4n) is 1.89. The smallest absolute Gasteiger partial charge is 0.235 e. The number of phenols is 1. The van der Waals surface area contributed by atoms with Gasteiger partial charge in [-0.2, -0.15) is 0 Å². The largest absolute Gasteiger partial charge is 0.508 e. The lowest BCUT2D eigenvalue weighted by atomic mass is 9.82. The van der Waals surface area contributed by atoms with Gasteiger partial charge in [0.2, 0.25) is 5.91 Å². The van der Waals surface area contributed by atoms with Crippen LogP contribution in [0.5, 0.6) is 5.75 Å². The topological polar surface area (TPSA) is 49.3 Å². The molecule has 1 amide bonds. The Morgan fingerprint density at radius 1 is 1.39 bits per heavy atom. The molecule has 1 aromatic rings. The van der Waals surface area contributed by atoms with Crippen LogP contribution >= 0.6 is 11.6 Å². The van der Waals surface area contributed by atoms with Crippen LogP contribution in [0.15, 0.2) is 12.1 Å². The molecule has 18 heavy (non-hydrogen) atoms. The quantitative estimate of drug-likeness (QED) is 0.829. The van der Waals surface area contributed by atoms with Crippen LogP contribution in [-0.2, 0) is 16.8 Å². The second kappa shape index (κ2) is 5.61. The van der Waals surface area contributed by atoms with E-state index in [2.05, 4.69) is 26.1 Å². The average molecular weight is 270 g/mol. The van der Waals surface area contributed by atoms with Gasteiger partial charge in [0.1, 0.15) is 11.6 Å². The van der Waals surface area contributed by atoms with Crippen molar-refractivity contribution in [2.24, 2.45) is 0 Å². The Kier molecular flexibility index (Phi) is 4.63. The first-order chi connectivity index (χ1) is 8.25. The number of amides is 1. The van der Waals surface area contributed by atoms with Crippen molar-refractivity contribution in [3.63, 3.8) is 0 Å². The van der Waals surface area contributed by atoms with E-state index in [-0.39, 0.29) is 23.0 Å². The van der Waals surface area contributed by atoms with Crippen molar-refractivity contribution in [2.75, 3.05) is 5.88 Å². The van der Waals surface area contributed by atoms with Crippen LogP contribution in [0.2, 0.25) is 0 Å². The number of hydrogen-bond donors (Lipinski definition) is 2. The number of rotatable bonds is 3. The van der Waals surface area contributed by atoms with Gasteiger partial charge in [-0.15, -0.1) is 11.6 Å². The maximum Gasteiger partial charge on any atom is 0.235 e. The van der Waals surface area contributed by atoms with Gasteiger partial charge in [-0.25, -0.2) is 0 Å². The molecule has 0 saturated heterocycles. The SMILES string of the molecule is Cc1cc(O)c(CNC(=O)CCl)c(C(C)(C)C)c1. The van der Waals surface area contributed by atoms with Crippen LogP contribution < -0.4 is 5.32 Å². The minimum absolute atomic E-state index is 0.0719. The third-order valence-electron chi connectivity index (χ3n) is 2.76. The molecule has 0 atom stereocenters. The van der Waals surface area contributed by atoms with E-state index >= 15 is 0 Å². The monoisotopic (exact) mass is 269 g/mol. The molecule has 2 N–H and O–H groups in total. The van der Waals surface area contributed by atoms with Gasteiger partial charge >= 0.3 is 0 Å². The lowest BCUT2D eigenvalue weighted by molar-refractivity contribution is -0.118. The van der Waals surface area contributed by atoms with E-state index in [1.165, 1.54) is 0 Å². The zero-order valence-corrected chi connectivity index (χ0v) is 12.1. The molecule has 0 bridgehead atoms. The molecule has 100 valence electrons. The van der Waals surface area contributed by atoms with Crippen molar-refractivity contribution in [2.45, 2.75) is 39.7 Å². The molecule has 1 rings (SSSR count). The number of carbonyl (C=O) groups is 1. The van der Waals surface area contributed by atoms with Gasteiger partial charge in [-0.05, 0) is 29.5 Å². The Labute approximate surface area is 113 Å². The molecular weight excluding hydrogens is 250 g/mol. The van der Waals surface area contributed by atoms with E-state index in [1.807, 2.05) is 13.0 Å². The molecule has 0 radical (unpaired) electrons. The van der Waals surface area contributed by atoms with Crippen LogP contribution in [-0.4, -0.2) is 16.9 Å². The summed E-state index contributed by atoms with van der Waals surface area (Å²) in [6.45, 7) is 8.47. The summed E-state index contributed by atoms with van der Waals surface area (Å²) in [7, 11) is 0. The summed E-state index contributed by atoms with van der Waals surface area (Å²) in [6, 6.07) is 3.75. The van der Waals surface area contributed by atoms with E-state index in [1.54, 1.807) is 6.07 Å². The summed E-state index contributed by atoms with van der Waals surface area (Å²) >= 11 is 5.44. The minimum atomic E-state index is -0.239. The van der Waals surface area contributed by atoms with Crippen LogP contribution in [0.1, 0.15) is 37.5 Å². The van der Waals surface area contributed by atoms with Gasteiger partial charge < -0.3 is 10.4 Å². The van der Waals surface area contributed by atoms with Crippen molar-refractivity contribution in [1.29, 1.82) is 0 Å². The van der Waals surface area contributed by atoms with Crippen molar-refractivity contribution in [3.8, 4) is 5.75 Å². The summed E-state index contributed by atoms with van der Waals surface area (Å²) in [6.07, 6.45) is 0. The molecule has 1 aromatic carbocycles. The van der Waals surface area contributed by atoms with E-state index in [0.29, 0.717) is 6.54 Å². The highest BCUT2D eigenvalue weighted by Crippen LogP contribution is 2.32. The maximum atomic E-state index is 11.2. The Hall–Kier alpha value is -1.22. The number of alkyl halides is 1. The Morgan fingerprint density at radius 3 is 2.50 bits per heavy atom. The minimum Gasteiger partial charge on any atom is -0.508 e. The summed E-state index contributed by atoms with van der Waals surface area (Å²) in [5, 5.41) is 12.7. The molecule has 0 saturated carbocycles. The van der Waals surface area contributed by atoms with Crippen LogP contribution in [0.4, 0.5) is 0 Å². The highest BCUT2D eigenvalue weighted by molar-refractivity contribution is 6.27. The fraction of sp³-hybridized carbons (Fsp3) is 0.500. The molecule has 0 aromatic heterocycles. The second-order valence-electron chi connectivity index (χ2n) is 5.47. The third kappa shape index (κ3) is 3.64. The molecule has 4 heteroatoms. The highest BCUT2D eigenvalue weighted by Gasteiger charge is 2.21. The molecular formula is C14H20ClNO2. The first kappa shape index (κ1) is 14.8. The predicted molar refractivity (Wildman–Crippen MR) is 74.1 cm³/mol. The molecule has 0 aliphatic heterocycles. The van der Waals surface area contributed by atoms with Crippen molar-refractivity contribution < 1.29 is 9.90 Å². The number of benzene rings is 1. The lowest BCUT2D eigenvalue weighted by Gasteiger charge is -2.24. The van der Waals surface area contributed by atoms with E-state index in [0.717, 1.165) is 16.7 Å². The zero-order chi connectivity index (χ0) is 13.9. The van der Waals surface area contributed by atoms with E-state index in [9.17, 15) is 9.90 Å². The molecule has 0 unspecified atom stereocenters. The molecule has 0 fully saturated rings. The Bertz CT molecular complexity index is 450. The highest BCUT2D eigenvalue weighted by atomic mass is 35.5. The first-order valence-electron chi connectivity index (χ1n) is 5.91. The number of aryl methyl sites for hydroxylation is 1. The maximum absolute atomic E-state index is 11.2. The van der Waals surface area contributed by atoms with Crippen molar-refractivity contribution in [1.82, 2.24) is 5.32 Å². The standard InChI is InChI=1S/C14H20ClNO2/c1-9-5-11(14(2,3)4)10(12(17)6-9)8-16-13(18)7-15/h5-6,17H,7-8H2,1-4H3,(H,16,18). The van der Waals surface area contributed by atoms with Gasteiger partial charge in [0.05, 0.1) is 0 Å². The summed E-state index contributed by atoms with van der Waals surface area (Å²) < 4.78 is 0. The van der Waals surface area contributed by atoms with Gasteiger partial charge in [-0.3, -0.25) is 4.79 Å². The van der Waals surface area contributed by atoms with Gasteiger partial charge in [-0.1, -0.05) is 26.8 Å². The van der Waals surface area contributed by atoms with Crippen LogP contribution in [0.3, 0.4) is 0 Å². The van der Waals surface area contributed by atoms with E-state index in [4.69, 9.17) is 11.6 Å². The van der Waals surface area contributed by atoms with Gasteiger partial charge in [0, 0.05) is 12.1 Å². The summed E-state index contributed by atoms with van der Waals surface area (Å²) in [5.41, 5.74) is 2.70. The summed E-state index contributed by atoms with van der Waals surface area (Å²) in [4.78, 5) is 11.2. The number of hydrogen-bond acceptors (Lipinski definition) is 2. The van der Waals surface area contributed by atoms with Crippen LogP contribution in [0, 0.1) is 6.92 Å². The fourth-order valence-corrected chi connectivity index (χ4v) is 1.98. The first-order valence-corrected chi connectivity index (χ1v) is 6.44. The lowest BCUT2D eigenvalue weighted by Crippen LogP contribution is -2.26. The van der Waals surface area contributed by atoms with Gasteiger partial charge in [0.25, 0.3) is 0 Å². The Balaban J connectivity index is 3.12. The average Bonchev–Trinajstić information content (AvgIpc) is 2.25. The summed E-state index contributed by atoms with van der Waals surface area (Å²) in [5.74, 6) is -0.0939. The van der Waals surface area contributed by atoms with Crippen molar-refractivity contribution >= 4 is 17.5 Å². The number of phenolic OH excluding ortho intramolecular Hbond substituents is 1. The predicted octanol–water partition coefficient (Wildman–Crippen LogP) is 2.85. The van der Waals surface area contributed by atoms with Gasteiger partial charge in [0.15, 0.2) is 0 Å². The zero-order valence-electron chi connectivity index (χ0n) is 11.3. The number of carbonyl (C=O) groups excluding carboxylic acids is 1. The third-order valence-corrected chi connectivity index (χ3v) is 3.01. The molecule has 0 spiro atoms. The number of halogens is 1. The number of nitrogens with one attached hydrogen (secondary N) is 1. The van der Waals surface area contributed by atoms with E-state index < -0.39 is 0 Å². The normalized spacial score (nSPS) is 11.4. The van der Waals surface area contributed by atoms with Crippen molar-refractivity contribution in [3.05, 3.63) is 28.8 Å². The molecule has 0 heterocycles. The molecule has 0 aliphatic carbocycles. The molecule has 0 aliphatic rings. The second-order valence-corrected chi connectivity index (χ2v) is 5.74.